The number of hydrogen-bond donors (Lipinski definition) is 1. The van der Waals surface area contributed by atoms with Crippen molar-refractivity contribution < 1.29 is 9.23 Å². The third-order valence-corrected chi connectivity index (χ3v) is 5.48. The number of benzene rings is 1. The highest BCUT2D eigenvalue weighted by molar-refractivity contribution is 6.02. The molecule has 0 saturated carbocycles. The molecule has 4 aromatic rings. The normalized spacial score (nSPS) is 11.5. The van der Waals surface area contributed by atoms with E-state index < -0.39 is 0 Å². The van der Waals surface area contributed by atoms with Crippen LogP contribution in [0.15, 0.2) is 48.9 Å². The summed E-state index contributed by atoms with van der Waals surface area (Å²) in [5, 5.41) is 5.01. The molecule has 0 unspecified atom stereocenters. The number of aryl methyl sites for hydroxylation is 3. The predicted octanol–water partition coefficient (Wildman–Crippen LogP) is 5.89. The number of anilines is 1. The second-order valence-electron chi connectivity index (χ2n) is 7.88. The number of fused-ring (bicyclic) bond motifs is 1. The summed E-state index contributed by atoms with van der Waals surface area (Å²) in [6.07, 6.45) is 12.4. The number of nitrogens with one attached hydrogen (secondary N) is 1. The fourth-order valence-electron chi connectivity index (χ4n) is 3.91. The second kappa shape index (κ2) is 9.26. The molecule has 0 aliphatic rings. The first kappa shape index (κ1) is 21.6. The van der Waals surface area contributed by atoms with E-state index in [0.717, 1.165) is 47.0 Å². The molecule has 0 amide bonds. The summed E-state index contributed by atoms with van der Waals surface area (Å²) in [6, 6.07) is 7.19. The minimum Gasteiger partial charge on any atom is -0.360 e. The molecule has 0 radical (unpaired) electrons. The summed E-state index contributed by atoms with van der Waals surface area (Å²) in [5.41, 5.74) is 7.81. The van der Waals surface area contributed by atoms with Crippen LogP contribution in [0.2, 0.25) is 0 Å². The number of halogens is 1. The molecule has 7 heteroatoms. The van der Waals surface area contributed by atoms with E-state index in [9.17, 15) is 0 Å². The topological polar surface area (TPSA) is 56.9 Å². The Hall–Kier alpha value is -3.61. The molecule has 0 aliphatic carbocycles. The van der Waals surface area contributed by atoms with Crippen molar-refractivity contribution in [1.82, 2.24) is 19.3 Å². The van der Waals surface area contributed by atoms with Crippen LogP contribution in [0.4, 0.5) is 10.1 Å². The lowest BCUT2D eigenvalue weighted by Crippen LogP contribution is -2.06. The summed E-state index contributed by atoms with van der Waals surface area (Å²) < 4.78 is 18.9. The highest BCUT2D eigenvalue weighted by Gasteiger charge is 2.19. The van der Waals surface area contributed by atoms with Crippen LogP contribution in [0.1, 0.15) is 37.8 Å². The molecule has 32 heavy (non-hydrogen) atoms. The van der Waals surface area contributed by atoms with E-state index in [2.05, 4.69) is 22.5 Å². The maximum absolute atomic E-state index is 15.4. The van der Waals surface area contributed by atoms with E-state index in [1.165, 1.54) is 0 Å². The average Bonchev–Trinajstić information content (AvgIpc) is 3.35. The zero-order valence-corrected chi connectivity index (χ0v) is 18.9. The molecule has 0 atom stereocenters. The second-order valence-corrected chi connectivity index (χ2v) is 7.88. The van der Waals surface area contributed by atoms with Gasteiger partial charge in [0, 0.05) is 49.9 Å². The summed E-state index contributed by atoms with van der Waals surface area (Å²) in [6.45, 7) is 4.11. The van der Waals surface area contributed by atoms with E-state index >= 15 is 4.39 Å². The van der Waals surface area contributed by atoms with Crippen LogP contribution in [0.5, 0.6) is 5.88 Å². The molecule has 0 aliphatic heterocycles. The summed E-state index contributed by atoms with van der Waals surface area (Å²) in [7, 11) is 3.73. The van der Waals surface area contributed by atoms with Crippen molar-refractivity contribution in [3.8, 4) is 17.0 Å². The first-order valence-corrected chi connectivity index (χ1v) is 10.8. The molecule has 3 aromatic heterocycles. The smallest absolute Gasteiger partial charge is 0.264 e. The molecular weight excluding hydrogens is 405 g/mol. The molecule has 4 rings (SSSR count). The minimum atomic E-state index is -0.258. The van der Waals surface area contributed by atoms with E-state index in [1.54, 1.807) is 29.2 Å². The van der Waals surface area contributed by atoms with Gasteiger partial charge in [-0.05, 0) is 49.1 Å². The Bertz CT molecular complexity index is 1270. The first-order valence-electron chi connectivity index (χ1n) is 10.8. The lowest BCUT2D eigenvalue weighted by atomic mass is 9.95. The zero-order valence-electron chi connectivity index (χ0n) is 18.9. The summed E-state index contributed by atoms with van der Waals surface area (Å²) in [5.74, 6) is 0.185. The fourth-order valence-corrected chi connectivity index (χ4v) is 3.91. The Balaban J connectivity index is 1.81. The molecule has 0 spiro atoms. The highest BCUT2D eigenvalue weighted by atomic mass is 19.1. The Morgan fingerprint density at radius 2 is 2.03 bits per heavy atom. The number of nitrogens with zero attached hydrogens (tertiary/aromatic N) is 4. The molecule has 166 valence electrons. The standard InChI is InChI=1S/C25H28FN5O/c1-5-7-9-18-14-19(21(26)15-17(18)8-6-2)20-16-30(3)25-24(20)22(10-12-27-25)29-32-23-11-13-31(4)28-23/h6,8,10-16H,5,7,9H2,1-4H3,(H,27,29)/b8-6-. The van der Waals surface area contributed by atoms with Crippen molar-refractivity contribution in [2.75, 3.05) is 5.48 Å². The largest absolute Gasteiger partial charge is 0.360 e. The maximum atomic E-state index is 15.4. The predicted molar refractivity (Wildman–Crippen MR) is 127 cm³/mol. The average molecular weight is 434 g/mol. The molecular formula is C25H28FN5O. The number of aromatic nitrogens is 4. The number of rotatable bonds is 8. The SMILES string of the molecule is C/C=C\c1cc(F)c(-c2cn(C)c3nccc(NOc4ccn(C)n4)c23)cc1CCCC. The third-order valence-electron chi connectivity index (χ3n) is 5.48. The van der Waals surface area contributed by atoms with Crippen LogP contribution in [0.25, 0.3) is 28.2 Å². The van der Waals surface area contributed by atoms with E-state index in [1.807, 2.05) is 56.1 Å². The number of hydrogen-bond acceptors (Lipinski definition) is 4. The van der Waals surface area contributed by atoms with E-state index in [0.29, 0.717) is 17.1 Å². The minimum absolute atomic E-state index is 0.258. The van der Waals surface area contributed by atoms with Gasteiger partial charge in [0.2, 0.25) is 0 Å². The highest BCUT2D eigenvalue weighted by Crippen LogP contribution is 2.37. The summed E-state index contributed by atoms with van der Waals surface area (Å²) >= 11 is 0. The molecule has 6 nitrogen and oxygen atoms in total. The van der Waals surface area contributed by atoms with Crippen LogP contribution in [-0.4, -0.2) is 19.3 Å². The molecule has 0 bridgehead atoms. The molecule has 0 saturated heterocycles. The van der Waals surface area contributed by atoms with Gasteiger partial charge in [0.25, 0.3) is 5.88 Å². The maximum Gasteiger partial charge on any atom is 0.264 e. The van der Waals surface area contributed by atoms with Gasteiger partial charge in [0.05, 0.1) is 11.1 Å². The lowest BCUT2D eigenvalue weighted by Gasteiger charge is -2.12. The van der Waals surface area contributed by atoms with Gasteiger partial charge in [-0.15, -0.1) is 5.10 Å². The monoisotopic (exact) mass is 433 g/mol. The summed E-state index contributed by atoms with van der Waals surface area (Å²) in [4.78, 5) is 10.2. The number of pyridine rings is 1. The van der Waals surface area contributed by atoms with Gasteiger partial charge in [-0.2, -0.15) is 0 Å². The third kappa shape index (κ3) is 4.23. The Morgan fingerprint density at radius 1 is 1.19 bits per heavy atom. The van der Waals surface area contributed by atoms with Crippen LogP contribution in [0, 0.1) is 5.82 Å². The van der Waals surface area contributed by atoms with Crippen LogP contribution < -0.4 is 10.3 Å². The van der Waals surface area contributed by atoms with Gasteiger partial charge >= 0.3 is 0 Å². The van der Waals surface area contributed by atoms with Crippen molar-refractivity contribution in [3.05, 3.63) is 65.9 Å². The van der Waals surface area contributed by atoms with Gasteiger partial charge in [-0.3, -0.25) is 4.68 Å². The number of unbranched alkanes of at least 4 members (excludes halogenated alkanes) is 1. The van der Waals surface area contributed by atoms with Crippen molar-refractivity contribution >= 4 is 22.8 Å². The van der Waals surface area contributed by atoms with Gasteiger partial charge in [0.15, 0.2) is 0 Å². The lowest BCUT2D eigenvalue weighted by molar-refractivity contribution is 0.384. The van der Waals surface area contributed by atoms with Gasteiger partial charge < -0.3 is 9.40 Å². The Labute approximate surface area is 187 Å². The molecule has 3 heterocycles. The zero-order chi connectivity index (χ0) is 22.7. The van der Waals surface area contributed by atoms with Gasteiger partial charge in [-0.1, -0.05) is 25.5 Å². The van der Waals surface area contributed by atoms with Gasteiger partial charge in [-0.25, -0.2) is 14.9 Å². The van der Waals surface area contributed by atoms with Crippen molar-refractivity contribution in [2.45, 2.75) is 33.1 Å². The van der Waals surface area contributed by atoms with E-state index in [-0.39, 0.29) is 5.82 Å². The molecule has 1 N–H and O–H groups in total. The molecule has 0 fully saturated rings. The first-order chi connectivity index (χ1) is 15.5. The van der Waals surface area contributed by atoms with Crippen molar-refractivity contribution in [3.63, 3.8) is 0 Å². The van der Waals surface area contributed by atoms with E-state index in [4.69, 9.17) is 4.84 Å². The van der Waals surface area contributed by atoms with Crippen LogP contribution >= 0.6 is 0 Å². The Kier molecular flexibility index (Phi) is 6.25. The molecule has 1 aromatic carbocycles. The fraction of sp³-hybridized carbons (Fsp3) is 0.280. The van der Waals surface area contributed by atoms with Crippen LogP contribution in [0.3, 0.4) is 0 Å². The quantitative estimate of drug-likeness (QED) is 0.352. The number of allylic oxidation sites excluding steroid dienone is 1. The Morgan fingerprint density at radius 3 is 2.75 bits per heavy atom. The van der Waals surface area contributed by atoms with Crippen LogP contribution in [-0.2, 0) is 20.5 Å². The van der Waals surface area contributed by atoms with Crippen molar-refractivity contribution in [1.29, 1.82) is 0 Å². The van der Waals surface area contributed by atoms with Crippen molar-refractivity contribution in [2.24, 2.45) is 14.1 Å². The van der Waals surface area contributed by atoms with Gasteiger partial charge in [0.1, 0.15) is 11.5 Å².